The number of aromatic nitrogens is 5. The van der Waals surface area contributed by atoms with E-state index in [9.17, 15) is 4.79 Å². The maximum Gasteiger partial charge on any atom is 0.318 e. The molecular formula is C17H21N7O. The Balaban J connectivity index is 1.49. The Hall–Kier alpha value is -2.90. The highest BCUT2D eigenvalue weighted by atomic mass is 16.2. The quantitative estimate of drug-likeness (QED) is 0.764. The van der Waals surface area contributed by atoms with Gasteiger partial charge in [0.2, 0.25) is 0 Å². The fraction of sp³-hybridized carbons (Fsp3) is 0.412. The fourth-order valence-electron chi connectivity index (χ4n) is 3.63. The minimum atomic E-state index is -0.0739. The Morgan fingerprint density at radius 1 is 1.36 bits per heavy atom. The van der Waals surface area contributed by atoms with E-state index in [2.05, 4.69) is 25.7 Å². The second-order valence-corrected chi connectivity index (χ2v) is 6.40. The van der Waals surface area contributed by atoms with Crippen LogP contribution in [0.3, 0.4) is 0 Å². The van der Waals surface area contributed by atoms with E-state index in [1.807, 2.05) is 47.5 Å². The van der Waals surface area contributed by atoms with Gasteiger partial charge < -0.3 is 10.2 Å². The number of aromatic amines is 1. The van der Waals surface area contributed by atoms with Crippen molar-refractivity contribution in [1.82, 2.24) is 35.0 Å². The van der Waals surface area contributed by atoms with Crippen molar-refractivity contribution in [1.29, 1.82) is 0 Å². The van der Waals surface area contributed by atoms with Crippen LogP contribution in [0.2, 0.25) is 0 Å². The average Bonchev–Trinajstić information content (AvgIpc) is 3.32. The summed E-state index contributed by atoms with van der Waals surface area (Å²) < 4.78 is 1.88. The van der Waals surface area contributed by atoms with E-state index in [1.165, 1.54) is 0 Å². The molecule has 8 nitrogen and oxygen atoms in total. The molecule has 1 saturated heterocycles. The lowest BCUT2D eigenvalue weighted by Crippen LogP contribution is -2.39. The molecule has 2 amide bonds. The molecule has 0 bridgehead atoms. The number of hydrogen-bond acceptors (Lipinski definition) is 4. The highest BCUT2D eigenvalue weighted by molar-refractivity contribution is 5.75. The largest absolute Gasteiger partial charge is 0.331 e. The first-order valence-electron chi connectivity index (χ1n) is 8.49. The molecular weight excluding hydrogens is 318 g/mol. The summed E-state index contributed by atoms with van der Waals surface area (Å²) in [5.41, 5.74) is 3.91. The number of amides is 2. The highest BCUT2D eigenvalue weighted by Gasteiger charge is 2.33. The van der Waals surface area contributed by atoms with Gasteiger partial charge in [-0.05, 0) is 38.8 Å². The van der Waals surface area contributed by atoms with E-state index in [0.717, 1.165) is 47.8 Å². The number of hydrogen-bond donors (Lipinski definition) is 2. The molecule has 1 atom stereocenters. The van der Waals surface area contributed by atoms with E-state index in [0.29, 0.717) is 6.54 Å². The van der Waals surface area contributed by atoms with Crippen LogP contribution in [0.4, 0.5) is 4.79 Å². The van der Waals surface area contributed by atoms with Crippen LogP contribution in [0, 0.1) is 13.8 Å². The minimum absolute atomic E-state index is 0.0739. The summed E-state index contributed by atoms with van der Waals surface area (Å²) in [4.78, 5) is 14.6. The summed E-state index contributed by atoms with van der Waals surface area (Å²) >= 11 is 0. The fourth-order valence-corrected chi connectivity index (χ4v) is 3.63. The van der Waals surface area contributed by atoms with Gasteiger partial charge in [0.15, 0.2) is 11.5 Å². The first-order chi connectivity index (χ1) is 12.1. The van der Waals surface area contributed by atoms with Crippen LogP contribution in [-0.4, -0.2) is 42.3 Å². The number of rotatable bonds is 3. The second kappa shape index (κ2) is 6.19. The van der Waals surface area contributed by atoms with Gasteiger partial charge >= 0.3 is 6.03 Å². The zero-order valence-corrected chi connectivity index (χ0v) is 14.4. The lowest BCUT2D eigenvalue weighted by molar-refractivity contribution is 0.192. The van der Waals surface area contributed by atoms with E-state index in [-0.39, 0.29) is 12.1 Å². The molecule has 0 aromatic carbocycles. The Labute approximate surface area is 145 Å². The molecule has 0 unspecified atom stereocenters. The molecule has 0 aliphatic carbocycles. The van der Waals surface area contributed by atoms with E-state index < -0.39 is 0 Å². The number of nitrogens with zero attached hydrogens (tertiary/aromatic N) is 5. The molecule has 2 N–H and O–H groups in total. The predicted octanol–water partition coefficient (Wildman–Crippen LogP) is 2.12. The van der Waals surface area contributed by atoms with Gasteiger partial charge in [-0.25, -0.2) is 4.79 Å². The van der Waals surface area contributed by atoms with Gasteiger partial charge in [-0.2, -0.15) is 5.10 Å². The summed E-state index contributed by atoms with van der Waals surface area (Å²) in [6.45, 7) is 5.08. The molecule has 0 spiro atoms. The normalized spacial score (nSPS) is 17.4. The Bertz CT molecular complexity index is 893. The number of carbonyl (C=O) groups excluding carboxylic acids is 1. The van der Waals surface area contributed by atoms with Crippen molar-refractivity contribution >= 4 is 11.7 Å². The molecule has 0 saturated carbocycles. The van der Waals surface area contributed by atoms with Gasteiger partial charge in [-0.1, -0.05) is 6.07 Å². The summed E-state index contributed by atoms with van der Waals surface area (Å²) in [6.07, 6.45) is 3.85. The first-order valence-corrected chi connectivity index (χ1v) is 8.49. The Morgan fingerprint density at radius 3 is 3.04 bits per heavy atom. The molecule has 8 heteroatoms. The summed E-state index contributed by atoms with van der Waals surface area (Å²) in [6, 6.07) is 5.72. The maximum absolute atomic E-state index is 12.7. The van der Waals surface area contributed by atoms with Gasteiger partial charge in [0, 0.05) is 24.0 Å². The minimum Gasteiger partial charge on any atom is -0.331 e. The molecule has 1 aliphatic rings. The lowest BCUT2D eigenvalue weighted by atomic mass is 10.0. The SMILES string of the molecule is Cc1n[nH]c(C)c1[C@H]1CCCN1C(=O)NCc1nnc2ccccn12. The first kappa shape index (κ1) is 15.6. The number of likely N-dealkylation sites (tertiary alicyclic amines) is 1. The standard InChI is InChI=1S/C17H21N7O/c1-11-16(12(2)20-19-11)13-6-5-9-23(13)17(25)18-10-15-22-21-14-7-3-4-8-24(14)15/h3-4,7-8,13H,5-6,9-10H2,1-2H3,(H,18,25)(H,19,20)/t13-/m1/s1. The molecule has 130 valence electrons. The van der Waals surface area contributed by atoms with Gasteiger partial charge in [-0.15, -0.1) is 10.2 Å². The van der Waals surface area contributed by atoms with Crippen LogP contribution >= 0.6 is 0 Å². The van der Waals surface area contributed by atoms with Crippen molar-refractivity contribution in [3.8, 4) is 0 Å². The van der Waals surface area contributed by atoms with Crippen molar-refractivity contribution in [2.45, 2.75) is 39.3 Å². The number of urea groups is 1. The number of carbonyl (C=O) groups is 1. The van der Waals surface area contributed by atoms with E-state index in [1.54, 1.807) is 0 Å². The lowest BCUT2D eigenvalue weighted by Gasteiger charge is -2.25. The third kappa shape index (κ3) is 2.73. The molecule has 4 rings (SSSR count). The molecule has 3 aromatic heterocycles. The summed E-state index contributed by atoms with van der Waals surface area (Å²) in [5, 5.41) is 18.5. The number of nitrogens with one attached hydrogen (secondary N) is 2. The maximum atomic E-state index is 12.7. The number of fused-ring (bicyclic) bond motifs is 1. The van der Waals surface area contributed by atoms with Gasteiger partial charge in [0.25, 0.3) is 0 Å². The van der Waals surface area contributed by atoms with Crippen molar-refractivity contribution in [2.75, 3.05) is 6.54 Å². The number of aryl methyl sites for hydroxylation is 2. The van der Waals surface area contributed by atoms with E-state index >= 15 is 0 Å². The third-order valence-corrected chi connectivity index (χ3v) is 4.81. The molecule has 3 aromatic rings. The molecule has 0 radical (unpaired) electrons. The number of H-pyrrole nitrogens is 1. The zero-order chi connectivity index (χ0) is 17.4. The molecule has 25 heavy (non-hydrogen) atoms. The molecule has 1 aliphatic heterocycles. The highest BCUT2D eigenvalue weighted by Crippen LogP contribution is 2.34. The van der Waals surface area contributed by atoms with Crippen LogP contribution < -0.4 is 5.32 Å². The van der Waals surface area contributed by atoms with Gasteiger partial charge in [0.1, 0.15) is 0 Å². The van der Waals surface area contributed by atoms with Crippen molar-refractivity contribution in [3.05, 3.63) is 47.2 Å². The van der Waals surface area contributed by atoms with Crippen LogP contribution in [0.1, 0.15) is 41.7 Å². The topological polar surface area (TPSA) is 91.2 Å². The van der Waals surface area contributed by atoms with Crippen LogP contribution in [0.15, 0.2) is 24.4 Å². The van der Waals surface area contributed by atoms with Gasteiger partial charge in [0.05, 0.1) is 18.3 Å². The number of pyridine rings is 1. The van der Waals surface area contributed by atoms with Crippen LogP contribution in [0.5, 0.6) is 0 Å². The van der Waals surface area contributed by atoms with Crippen LogP contribution in [0.25, 0.3) is 5.65 Å². The zero-order valence-electron chi connectivity index (χ0n) is 14.4. The van der Waals surface area contributed by atoms with Crippen molar-refractivity contribution in [2.24, 2.45) is 0 Å². The van der Waals surface area contributed by atoms with Crippen molar-refractivity contribution < 1.29 is 4.79 Å². The molecule has 4 heterocycles. The summed E-state index contributed by atoms with van der Waals surface area (Å²) in [7, 11) is 0. The Kier molecular flexibility index (Phi) is 3.87. The summed E-state index contributed by atoms with van der Waals surface area (Å²) in [5.74, 6) is 0.718. The average molecular weight is 339 g/mol. The Morgan fingerprint density at radius 2 is 2.24 bits per heavy atom. The predicted molar refractivity (Wildman–Crippen MR) is 92.0 cm³/mol. The third-order valence-electron chi connectivity index (χ3n) is 4.81. The second-order valence-electron chi connectivity index (χ2n) is 6.40. The molecule has 1 fully saturated rings. The monoisotopic (exact) mass is 339 g/mol. The van der Waals surface area contributed by atoms with E-state index in [4.69, 9.17) is 0 Å². The smallest absolute Gasteiger partial charge is 0.318 e. The van der Waals surface area contributed by atoms with Crippen LogP contribution in [-0.2, 0) is 6.54 Å². The van der Waals surface area contributed by atoms with Crippen molar-refractivity contribution in [3.63, 3.8) is 0 Å². The van der Waals surface area contributed by atoms with Gasteiger partial charge in [-0.3, -0.25) is 9.50 Å².